The molecule has 0 saturated carbocycles. The number of carboxylic acids is 14. The largest absolute Gasteiger partial charge is 0.481 e. The Morgan fingerprint density at radius 2 is 0.500 bits per heavy atom. The van der Waals surface area contributed by atoms with E-state index in [4.69, 9.17) is 117 Å². The topological polar surface area (TPSA) is 777 Å². The van der Waals surface area contributed by atoms with Gasteiger partial charge in [0.1, 0.15) is 42.3 Å². The second-order valence-electron chi connectivity index (χ2n) is 11.5. The first-order valence-corrected chi connectivity index (χ1v) is 18.3. The average Bonchev–Trinajstić information content (AvgIpc) is 3.22. The van der Waals surface area contributed by atoms with Crippen molar-refractivity contribution in [2.24, 2.45) is 51.6 Å². The van der Waals surface area contributed by atoms with Crippen LogP contribution in [0.1, 0.15) is 38.5 Å². The van der Waals surface area contributed by atoms with Gasteiger partial charge in [0.2, 0.25) is 0 Å². The molecule has 0 aromatic carbocycles. The van der Waals surface area contributed by atoms with Gasteiger partial charge in [0, 0.05) is 12.2 Å². The Morgan fingerprint density at radius 1 is 0.314 bits per heavy atom. The highest BCUT2D eigenvalue weighted by atomic mass is 32.1. The number of thiol groups is 1. The third kappa shape index (κ3) is 87.4. The Balaban J connectivity index is -0.0000000861. The number of carboxylic acid groups (broad SMARTS) is 14. The van der Waals surface area contributed by atoms with Crippen LogP contribution in [0.2, 0.25) is 0 Å². The standard InChI is InChI=1S/C5H9NO4.4C4H7NO4.C3H7NO3.C3H7NO2S.2C2H5NO2/c6-3(5(9)10)1-2-4(7)8;4*5-2(4(8)9)1-3(6)7;4-2(1-5)3(6)7;4-2(1-7)3(5)6;2*3-1-2(4)5/h3H,1-2,6H2,(H,7,8)(H,9,10);4*2H,1,5H2,(H,6,7)(H,8,9);2,5H,1,4H2,(H,6,7);2,7H,1,4H2,(H,5,6);2*1,3H2,(H,4,5)/t3-;6*2-;;/m0000000../s1. The maximum atomic E-state index is 9.99. The highest BCUT2D eigenvalue weighted by Crippen LogP contribution is 1.93. The first kappa shape index (κ1) is 82.6. The molecule has 7 atom stereocenters. The van der Waals surface area contributed by atoms with Crippen molar-refractivity contribution >= 4 is 96.2 Å². The van der Waals surface area contributed by atoms with Crippen LogP contribution < -0.4 is 51.6 Å². The van der Waals surface area contributed by atoms with Gasteiger partial charge in [0.15, 0.2) is 0 Å². The van der Waals surface area contributed by atoms with Crippen LogP contribution in [0.3, 0.4) is 0 Å². The first-order valence-electron chi connectivity index (χ1n) is 17.6. The number of aliphatic hydroxyl groups excluding tert-OH is 1. The molecule has 0 unspecified atom stereocenters. The molecule has 0 aromatic rings. The number of hydrogen-bond acceptors (Lipinski definition) is 25. The van der Waals surface area contributed by atoms with Crippen LogP contribution in [0.25, 0.3) is 0 Å². The molecule has 0 spiro atoms. The summed E-state index contributed by atoms with van der Waals surface area (Å²) in [5.74, 6) is -16.1. The molecular weight excluding hydrogens is 994 g/mol. The van der Waals surface area contributed by atoms with Crippen LogP contribution in [0.4, 0.5) is 0 Å². The molecule has 0 aliphatic carbocycles. The van der Waals surface area contributed by atoms with Crippen molar-refractivity contribution in [3.63, 3.8) is 0 Å². The van der Waals surface area contributed by atoms with Gasteiger partial charge in [0.25, 0.3) is 0 Å². The summed E-state index contributed by atoms with van der Waals surface area (Å²) in [6.07, 6.45) is -2.35. The van der Waals surface area contributed by atoms with Crippen molar-refractivity contribution < 1.29 is 144 Å². The van der Waals surface area contributed by atoms with Gasteiger partial charge in [0.05, 0.1) is 45.4 Å². The zero-order valence-electron chi connectivity index (χ0n) is 36.2. The minimum atomic E-state index is -1.29. The minimum absolute atomic E-state index is 0.0231. The lowest BCUT2D eigenvalue weighted by Crippen LogP contribution is -2.33. The third-order valence-corrected chi connectivity index (χ3v) is 5.60. The molecule has 0 fully saturated rings. The van der Waals surface area contributed by atoms with E-state index < -0.39 is 158 Å². The Kier molecular flexibility index (Phi) is 62.0. The summed E-state index contributed by atoms with van der Waals surface area (Å²) in [5, 5.41) is 119. The summed E-state index contributed by atoms with van der Waals surface area (Å²) in [5.41, 5.74) is 43.2. The normalized spacial score (nSPS) is 12.0. The van der Waals surface area contributed by atoms with E-state index >= 15 is 0 Å². The fourth-order valence-corrected chi connectivity index (χ4v) is 1.82. The molecule has 0 bridgehead atoms. The van der Waals surface area contributed by atoms with Gasteiger partial charge in [-0.15, -0.1) is 0 Å². The van der Waals surface area contributed by atoms with Crippen LogP contribution in [0.15, 0.2) is 0 Å². The van der Waals surface area contributed by atoms with E-state index in [1.54, 1.807) is 0 Å². The molecule has 0 aliphatic heterocycles. The van der Waals surface area contributed by atoms with Crippen LogP contribution in [0.5, 0.6) is 0 Å². The van der Waals surface area contributed by atoms with Crippen LogP contribution in [-0.2, 0) is 67.1 Å². The second kappa shape index (κ2) is 52.5. The van der Waals surface area contributed by atoms with Crippen molar-refractivity contribution in [1.82, 2.24) is 0 Å². The fourth-order valence-electron chi connectivity index (χ4n) is 1.66. The predicted molar refractivity (Wildman–Crippen MR) is 229 cm³/mol. The molecule has 0 aliphatic rings. The van der Waals surface area contributed by atoms with E-state index in [1.807, 2.05) is 0 Å². The van der Waals surface area contributed by atoms with Gasteiger partial charge in [-0.25, -0.2) is 0 Å². The molecule has 39 heteroatoms. The molecule has 0 amide bonds. The molecule has 0 saturated heterocycles. The van der Waals surface area contributed by atoms with Crippen molar-refractivity contribution in [2.75, 3.05) is 25.4 Å². The van der Waals surface area contributed by atoms with E-state index in [0.717, 1.165) is 0 Å². The summed E-state index contributed by atoms with van der Waals surface area (Å²) in [6, 6.07) is -8.16. The maximum absolute atomic E-state index is 9.99. The zero-order valence-corrected chi connectivity index (χ0v) is 37.1. The molecular formula is C31H61N9O29S. The van der Waals surface area contributed by atoms with Crippen molar-refractivity contribution in [3.8, 4) is 0 Å². The highest BCUT2D eigenvalue weighted by molar-refractivity contribution is 7.80. The van der Waals surface area contributed by atoms with E-state index in [-0.39, 0.29) is 31.7 Å². The van der Waals surface area contributed by atoms with Crippen molar-refractivity contribution in [2.45, 2.75) is 80.8 Å². The smallest absolute Gasteiger partial charge is 0.322 e. The predicted octanol–water partition coefficient (Wildman–Crippen LogP) is -9.47. The molecule has 0 aromatic heterocycles. The van der Waals surface area contributed by atoms with Crippen LogP contribution in [0, 0.1) is 0 Å². The summed E-state index contributed by atoms with van der Waals surface area (Å²) in [4.78, 5) is 136. The average molecular weight is 1060 g/mol. The van der Waals surface area contributed by atoms with E-state index in [2.05, 4.69) is 24.1 Å². The van der Waals surface area contributed by atoms with Crippen molar-refractivity contribution in [3.05, 3.63) is 0 Å². The summed E-state index contributed by atoms with van der Waals surface area (Å²) < 4.78 is 0. The maximum Gasteiger partial charge on any atom is 0.322 e. The van der Waals surface area contributed by atoms with Gasteiger partial charge in [-0.3, -0.25) is 67.1 Å². The Labute approximate surface area is 397 Å². The quantitative estimate of drug-likeness (QED) is 0.0448. The molecule has 0 radical (unpaired) electrons. The zero-order chi connectivity index (χ0) is 58.2. The number of carbonyl (C=O) groups is 14. The summed E-state index contributed by atoms with van der Waals surface area (Å²) in [6.45, 7) is -1.06. The van der Waals surface area contributed by atoms with Gasteiger partial charge < -0.3 is 128 Å². The van der Waals surface area contributed by atoms with Gasteiger partial charge >= 0.3 is 83.6 Å². The van der Waals surface area contributed by atoms with E-state index in [9.17, 15) is 67.1 Å². The fraction of sp³-hybridized carbons (Fsp3) is 0.548. The van der Waals surface area contributed by atoms with Crippen LogP contribution in [-0.4, -0.2) is 228 Å². The third-order valence-electron chi connectivity index (χ3n) is 5.21. The van der Waals surface area contributed by atoms with Crippen LogP contribution >= 0.6 is 12.6 Å². The lowest BCUT2D eigenvalue weighted by Gasteiger charge is -2.01. The van der Waals surface area contributed by atoms with E-state index in [1.165, 1.54) is 0 Å². The van der Waals surface area contributed by atoms with Gasteiger partial charge in [-0.1, -0.05) is 0 Å². The first-order chi connectivity index (χ1) is 31.6. The van der Waals surface area contributed by atoms with Crippen molar-refractivity contribution in [1.29, 1.82) is 0 Å². The van der Waals surface area contributed by atoms with Gasteiger partial charge in [-0.05, 0) is 6.42 Å². The molecule has 38 nitrogen and oxygen atoms in total. The number of aliphatic hydroxyl groups is 1. The Bertz CT molecular complexity index is 1460. The number of rotatable bonds is 22. The molecule has 33 N–H and O–H groups in total. The lowest BCUT2D eigenvalue weighted by atomic mass is 10.2. The Hall–Kier alpha value is -7.47. The van der Waals surface area contributed by atoms with E-state index in [0.29, 0.717) is 0 Å². The summed E-state index contributed by atoms with van der Waals surface area (Å²) >= 11 is 3.65. The molecule has 0 rings (SSSR count). The summed E-state index contributed by atoms with van der Waals surface area (Å²) in [7, 11) is 0. The SMILES string of the molecule is NCC(=O)O.NCC(=O)O.N[C@@H](CC(=O)O)C(=O)O.N[C@@H](CC(=O)O)C(=O)O.N[C@@H](CC(=O)O)C(=O)O.N[C@@H](CC(=O)O)C(=O)O.N[C@@H](CCC(=O)O)C(=O)O.N[C@@H](CO)C(=O)O.N[C@@H](CS)C(=O)O. The molecule has 0 heterocycles. The Morgan fingerprint density at radius 3 is 0.557 bits per heavy atom. The molecule has 70 heavy (non-hydrogen) atoms. The second-order valence-corrected chi connectivity index (χ2v) is 11.9. The highest BCUT2D eigenvalue weighted by Gasteiger charge is 2.17. The number of nitrogens with two attached hydrogens (primary N) is 9. The minimum Gasteiger partial charge on any atom is -0.481 e. The monoisotopic (exact) mass is 1060 g/mol. The lowest BCUT2D eigenvalue weighted by molar-refractivity contribution is -0.144. The number of hydrogen-bond donors (Lipinski definition) is 25. The number of aliphatic carboxylic acids is 14. The van der Waals surface area contributed by atoms with Gasteiger partial charge in [-0.2, -0.15) is 12.6 Å². The molecule has 410 valence electrons.